The third-order valence-corrected chi connectivity index (χ3v) is 5.32. The molecule has 0 spiro atoms. The maximum atomic E-state index is 12.6. The Morgan fingerprint density at radius 1 is 1.12 bits per heavy atom. The van der Waals surface area contributed by atoms with Crippen molar-refractivity contribution in [1.82, 2.24) is 14.9 Å². The summed E-state index contributed by atoms with van der Waals surface area (Å²) in [7, 11) is 3.31. The first-order chi connectivity index (χ1) is 15.5. The summed E-state index contributed by atoms with van der Waals surface area (Å²) in [5, 5.41) is 4.04. The number of H-pyrrole nitrogens is 1. The van der Waals surface area contributed by atoms with Crippen molar-refractivity contribution in [1.29, 1.82) is 0 Å². The van der Waals surface area contributed by atoms with Gasteiger partial charge in [-0.3, -0.25) is 9.59 Å². The maximum absolute atomic E-state index is 12.6. The average Bonchev–Trinajstić information content (AvgIpc) is 3.22. The van der Waals surface area contributed by atoms with E-state index in [4.69, 9.17) is 9.47 Å². The highest BCUT2D eigenvalue weighted by molar-refractivity contribution is 5.92. The predicted molar refractivity (Wildman–Crippen MR) is 123 cm³/mol. The number of ether oxygens (including phenoxy) is 2. The van der Waals surface area contributed by atoms with Gasteiger partial charge < -0.3 is 24.3 Å². The molecule has 0 unspecified atom stereocenters. The maximum Gasteiger partial charge on any atom is 0.268 e. The van der Waals surface area contributed by atoms with E-state index in [9.17, 15) is 9.59 Å². The number of aromatic nitrogens is 2. The Balaban J connectivity index is 1.38. The van der Waals surface area contributed by atoms with Crippen molar-refractivity contribution in [3.8, 4) is 11.5 Å². The standard InChI is InChI=1S/C25H25N3O4/c1-28-15-24(32-16-17-6-5-7-19(12-17)31-2)23(29)13-22(28)25(30)26-11-10-18-14-27-21-9-4-3-8-20(18)21/h3-9,12-15,27H,10-11,16H2,1-2H3,(H,26,30). The van der Waals surface area contributed by atoms with Gasteiger partial charge in [0, 0.05) is 36.8 Å². The average molecular weight is 431 g/mol. The molecule has 0 atom stereocenters. The molecule has 164 valence electrons. The van der Waals surface area contributed by atoms with Crippen molar-refractivity contribution >= 4 is 16.8 Å². The van der Waals surface area contributed by atoms with E-state index in [1.807, 2.05) is 48.7 Å². The fourth-order valence-corrected chi connectivity index (χ4v) is 3.60. The number of nitrogens with one attached hydrogen (secondary N) is 2. The molecule has 0 aliphatic rings. The fourth-order valence-electron chi connectivity index (χ4n) is 3.60. The van der Waals surface area contributed by atoms with Gasteiger partial charge in [-0.15, -0.1) is 0 Å². The molecular formula is C25H25N3O4. The molecule has 4 aromatic rings. The summed E-state index contributed by atoms with van der Waals surface area (Å²) in [5.41, 5.74) is 3.03. The zero-order valence-corrected chi connectivity index (χ0v) is 18.1. The van der Waals surface area contributed by atoms with Gasteiger partial charge in [0.1, 0.15) is 18.1 Å². The number of rotatable bonds is 8. The Kier molecular flexibility index (Phi) is 6.26. The van der Waals surface area contributed by atoms with Crippen molar-refractivity contribution in [2.24, 2.45) is 7.05 Å². The Labute approximate surface area is 185 Å². The van der Waals surface area contributed by atoms with Crippen LogP contribution >= 0.6 is 0 Å². The molecule has 1 amide bonds. The largest absolute Gasteiger partial charge is 0.497 e. The molecule has 0 bridgehead atoms. The van der Waals surface area contributed by atoms with E-state index in [0.29, 0.717) is 13.0 Å². The third kappa shape index (κ3) is 4.67. The third-order valence-electron chi connectivity index (χ3n) is 5.32. The monoisotopic (exact) mass is 431 g/mol. The molecule has 2 aromatic heterocycles. The van der Waals surface area contributed by atoms with E-state index in [-0.39, 0.29) is 29.4 Å². The predicted octanol–water partition coefficient (Wildman–Crippen LogP) is 3.43. The highest BCUT2D eigenvalue weighted by atomic mass is 16.5. The number of aryl methyl sites for hydroxylation is 1. The number of carbonyl (C=O) groups excluding carboxylic acids is 1. The molecule has 0 aliphatic carbocycles. The Bertz CT molecular complexity index is 1310. The number of hydrogen-bond donors (Lipinski definition) is 2. The lowest BCUT2D eigenvalue weighted by molar-refractivity contribution is 0.0945. The van der Waals surface area contributed by atoms with Gasteiger partial charge in [-0.1, -0.05) is 30.3 Å². The summed E-state index contributed by atoms with van der Waals surface area (Å²) in [6.45, 7) is 0.686. The van der Waals surface area contributed by atoms with Crippen LogP contribution in [0.15, 0.2) is 71.8 Å². The minimum Gasteiger partial charge on any atom is -0.497 e. The molecule has 2 N–H and O–H groups in total. The number of fused-ring (bicyclic) bond motifs is 1. The van der Waals surface area contributed by atoms with Gasteiger partial charge in [-0.25, -0.2) is 0 Å². The number of para-hydroxylation sites is 1. The SMILES string of the molecule is COc1cccc(COc2cn(C)c(C(=O)NCCc3c[nH]c4ccccc34)cc2=O)c1. The quantitative estimate of drug-likeness (QED) is 0.448. The number of benzene rings is 2. The Hall–Kier alpha value is -4.00. The van der Waals surface area contributed by atoms with Crippen LogP contribution in [0.4, 0.5) is 0 Å². The second-order valence-corrected chi connectivity index (χ2v) is 7.50. The summed E-state index contributed by atoms with van der Waals surface area (Å²) < 4.78 is 12.5. The summed E-state index contributed by atoms with van der Waals surface area (Å²) in [6, 6.07) is 16.8. The van der Waals surface area contributed by atoms with Gasteiger partial charge in [0.2, 0.25) is 5.43 Å². The number of carbonyl (C=O) groups is 1. The van der Waals surface area contributed by atoms with E-state index < -0.39 is 0 Å². The van der Waals surface area contributed by atoms with Gasteiger partial charge in [0.05, 0.1) is 13.3 Å². The lowest BCUT2D eigenvalue weighted by atomic mass is 10.1. The second-order valence-electron chi connectivity index (χ2n) is 7.50. The molecule has 0 aliphatic heterocycles. The first-order valence-corrected chi connectivity index (χ1v) is 10.3. The smallest absolute Gasteiger partial charge is 0.268 e. The number of hydrogen-bond acceptors (Lipinski definition) is 4. The summed E-state index contributed by atoms with van der Waals surface area (Å²) >= 11 is 0. The Morgan fingerprint density at radius 3 is 2.81 bits per heavy atom. The molecule has 4 rings (SSSR count). The van der Waals surface area contributed by atoms with Crippen LogP contribution in [0.5, 0.6) is 11.5 Å². The normalized spacial score (nSPS) is 10.8. The van der Waals surface area contributed by atoms with Gasteiger partial charge in [0.15, 0.2) is 5.75 Å². The molecule has 0 saturated carbocycles. The van der Waals surface area contributed by atoms with Crippen LogP contribution < -0.4 is 20.2 Å². The fraction of sp³-hybridized carbons (Fsp3) is 0.200. The molecule has 2 heterocycles. The lowest BCUT2D eigenvalue weighted by Crippen LogP contribution is -2.29. The van der Waals surface area contributed by atoms with Crippen LogP contribution in [-0.2, 0) is 20.1 Å². The van der Waals surface area contributed by atoms with E-state index in [1.165, 1.54) is 12.3 Å². The zero-order valence-electron chi connectivity index (χ0n) is 18.1. The first-order valence-electron chi connectivity index (χ1n) is 10.3. The second kappa shape index (κ2) is 9.43. The van der Waals surface area contributed by atoms with Gasteiger partial charge in [-0.05, 0) is 35.7 Å². The lowest BCUT2D eigenvalue weighted by Gasteiger charge is -2.12. The van der Waals surface area contributed by atoms with Crippen LogP contribution in [0.1, 0.15) is 21.6 Å². The first kappa shape index (κ1) is 21.2. The van der Waals surface area contributed by atoms with Crippen molar-refractivity contribution < 1.29 is 14.3 Å². The Morgan fingerprint density at radius 2 is 1.97 bits per heavy atom. The van der Waals surface area contributed by atoms with Crippen LogP contribution in [0, 0.1) is 0 Å². The van der Waals surface area contributed by atoms with Gasteiger partial charge in [-0.2, -0.15) is 0 Å². The van der Waals surface area contributed by atoms with Crippen molar-refractivity contribution in [2.75, 3.05) is 13.7 Å². The van der Waals surface area contributed by atoms with Crippen LogP contribution in [0.2, 0.25) is 0 Å². The molecular weight excluding hydrogens is 406 g/mol. The van der Waals surface area contributed by atoms with E-state index >= 15 is 0 Å². The molecule has 0 fully saturated rings. The number of pyridine rings is 1. The molecule has 32 heavy (non-hydrogen) atoms. The number of aromatic amines is 1. The number of amides is 1. The van der Waals surface area contributed by atoms with Crippen molar-refractivity contribution in [3.63, 3.8) is 0 Å². The molecule has 7 nitrogen and oxygen atoms in total. The van der Waals surface area contributed by atoms with Crippen LogP contribution in [-0.4, -0.2) is 29.1 Å². The minimum absolute atomic E-state index is 0.186. The summed E-state index contributed by atoms with van der Waals surface area (Å²) in [4.78, 5) is 28.4. The highest BCUT2D eigenvalue weighted by Crippen LogP contribution is 2.18. The van der Waals surface area contributed by atoms with Crippen molar-refractivity contribution in [3.05, 3.63) is 94.0 Å². The van der Waals surface area contributed by atoms with E-state index in [1.54, 1.807) is 18.7 Å². The van der Waals surface area contributed by atoms with E-state index in [2.05, 4.69) is 16.4 Å². The molecule has 7 heteroatoms. The molecule has 0 saturated heterocycles. The summed E-state index contributed by atoms with van der Waals surface area (Å²) in [5.74, 6) is 0.605. The number of nitrogens with zero attached hydrogens (tertiary/aromatic N) is 1. The molecule has 2 aromatic carbocycles. The van der Waals surface area contributed by atoms with Crippen molar-refractivity contribution in [2.45, 2.75) is 13.0 Å². The molecule has 0 radical (unpaired) electrons. The van der Waals surface area contributed by atoms with Gasteiger partial charge >= 0.3 is 0 Å². The minimum atomic E-state index is -0.340. The zero-order chi connectivity index (χ0) is 22.5. The van der Waals surface area contributed by atoms with Crippen LogP contribution in [0.3, 0.4) is 0 Å². The topological polar surface area (TPSA) is 85.3 Å². The van der Waals surface area contributed by atoms with Crippen LogP contribution in [0.25, 0.3) is 10.9 Å². The highest BCUT2D eigenvalue weighted by Gasteiger charge is 2.13. The van der Waals surface area contributed by atoms with Gasteiger partial charge in [0.25, 0.3) is 5.91 Å². The van der Waals surface area contributed by atoms with E-state index in [0.717, 1.165) is 27.8 Å². The summed E-state index contributed by atoms with van der Waals surface area (Å²) in [6.07, 6.45) is 4.18. The number of methoxy groups -OCH3 is 1.